The van der Waals surface area contributed by atoms with Crippen LogP contribution in [0.15, 0.2) is 18.2 Å². The van der Waals surface area contributed by atoms with Gasteiger partial charge in [-0.15, -0.1) is 5.11 Å². The van der Waals surface area contributed by atoms with Crippen LogP contribution >= 0.6 is 0 Å². The van der Waals surface area contributed by atoms with Crippen molar-refractivity contribution in [3.8, 4) is 5.75 Å². The van der Waals surface area contributed by atoms with Gasteiger partial charge in [-0.05, 0) is 56.9 Å². The highest BCUT2D eigenvalue weighted by Gasteiger charge is 2.48. The average molecular weight is 451 g/mol. The van der Waals surface area contributed by atoms with Gasteiger partial charge < -0.3 is 19.5 Å². The molecule has 14 heteroatoms. The topological polar surface area (TPSA) is 102 Å². The second kappa shape index (κ2) is 9.44. The van der Waals surface area contributed by atoms with E-state index in [1.165, 1.54) is 17.0 Å². The maximum Gasteiger partial charge on any atom is 0.410 e. The first-order chi connectivity index (χ1) is 15.3. The number of rotatable bonds is 6. The van der Waals surface area contributed by atoms with Crippen LogP contribution in [-0.4, -0.2) is 97.7 Å². The molecule has 1 N–H and O–H groups in total. The third-order valence-corrected chi connectivity index (χ3v) is 5.22. The zero-order valence-electron chi connectivity index (χ0n) is 19.7. The maximum absolute atomic E-state index is 12.3. The fourth-order valence-corrected chi connectivity index (χ4v) is 3.34. The number of carbonyl (C=O) groups is 1. The molecule has 2 rings (SSSR count). The first-order valence-corrected chi connectivity index (χ1v) is 10.4. The number of ether oxygens (including phenoxy) is 2. The summed E-state index contributed by atoms with van der Waals surface area (Å²) in [6, 6.07) is 2.59. The lowest BCUT2D eigenvalue weighted by Gasteiger charge is -2.52. The van der Waals surface area contributed by atoms with Gasteiger partial charge >= 0.3 is 11.8 Å². The van der Waals surface area contributed by atoms with Crippen molar-refractivity contribution >= 4 is 64.4 Å². The minimum absolute atomic E-state index is 0.264. The largest absolute Gasteiger partial charge is 0.491 e. The van der Waals surface area contributed by atoms with Gasteiger partial charge in [0.25, 0.3) is 0 Å². The minimum Gasteiger partial charge on any atom is -0.491 e. The number of nitro groups is 1. The van der Waals surface area contributed by atoms with Gasteiger partial charge in [0.1, 0.15) is 29.1 Å². The molecule has 1 heterocycles. The molecule has 1 aliphatic rings. The zero-order chi connectivity index (χ0) is 26.3. The highest BCUT2D eigenvalue weighted by atomic mass is 16.6. The van der Waals surface area contributed by atoms with Gasteiger partial charge in [0.15, 0.2) is 5.75 Å². The summed E-state index contributed by atoms with van der Waals surface area (Å²) in [6.45, 7) is 7.62. The monoisotopic (exact) mass is 452 g/mol. The van der Waals surface area contributed by atoms with E-state index in [0.29, 0.717) is 24.1 Å². The van der Waals surface area contributed by atoms with Crippen molar-refractivity contribution < 1.29 is 24.3 Å². The third-order valence-electron chi connectivity index (χ3n) is 5.22. The molecule has 0 saturated heterocycles. The number of amides is 1. The van der Waals surface area contributed by atoms with E-state index >= 15 is 0 Å². The molecule has 8 nitrogen and oxygen atoms in total. The number of aliphatic hydroxyl groups is 1. The number of hydrogen-bond donors (Lipinski definition) is 1. The number of carbonyl (C=O) groups excluding carboxylic acids is 1. The molecule has 0 bridgehead atoms. The van der Waals surface area contributed by atoms with Crippen molar-refractivity contribution in [1.82, 2.24) is 4.90 Å². The fourth-order valence-electron chi connectivity index (χ4n) is 3.34. The molecule has 12 radical (unpaired) electrons. The molecule has 1 unspecified atom stereocenters. The van der Waals surface area contributed by atoms with Crippen molar-refractivity contribution in [3.05, 3.63) is 39.4 Å². The number of nitro benzene ring substituents is 1. The van der Waals surface area contributed by atoms with Crippen LogP contribution < -0.4 is 4.74 Å². The molecule has 0 saturated carbocycles. The van der Waals surface area contributed by atoms with Gasteiger partial charge in [0.05, 0.1) is 34.0 Å². The summed E-state index contributed by atoms with van der Waals surface area (Å²) >= 11 is 0. The van der Waals surface area contributed by atoms with Gasteiger partial charge in [0, 0.05) is 24.6 Å². The number of hydrogen-bond acceptors (Lipinski definition) is 6. The Kier molecular flexibility index (Phi) is 7.78. The predicted molar refractivity (Wildman–Crippen MR) is 134 cm³/mol. The highest BCUT2D eigenvalue weighted by Crippen LogP contribution is 2.42. The van der Waals surface area contributed by atoms with Crippen LogP contribution in [0.2, 0.25) is 5.11 Å². The Morgan fingerprint density at radius 2 is 1.74 bits per heavy atom. The Labute approximate surface area is 207 Å². The van der Waals surface area contributed by atoms with Crippen LogP contribution in [0.1, 0.15) is 38.3 Å². The molecule has 0 aliphatic carbocycles. The van der Waals surface area contributed by atoms with Gasteiger partial charge in [-0.25, -0.2) is 4.79 Å². The Hall–Kier alpha value is -2.22. The summed E-state index contributed by atoms with van der Waals surface area (Å²) in [4.78, 5) is 24.8. The van der Waals surface area contributed by atoms with Crippen molar-refractivity contribution in [2.45, 2.75) is 55.7 Å². The van der Waals surface area contributed by atoms with Gasteiger partial charge in [-0.1, -0.05) is 6.08 Å². The fraction of sp³-hybridized carbons (Fsp3) is 0.550. The average Bonchev–Trinajstić information content (AvgIpc) is 2.65. The summed E-state index contributed by atoms with van der Waals surface area (Å²) in [6.07, 6.45) is 1.77. The van der Waals surface area contributed by atoms with Gasteiger partial charge in [-0.3, -0.25) is 10.1 Å². The summed E-state index contributed by atoms with van der Waals surface area (Å²) in [5.74, 6) is -0.413. The number of benzene rings is 1. The first-order valence-electron chi connectivity index (χ1n) is 10.4. The minimum atomic E-state index is -2.87. The SMILES string of the molecule is [B]C([B])([B])C([B])(Oc1cc(C2=CCN(C(=O)OC(C)(C)C)CC2)c(C)cc1[N+](=O)[O-])C([B])([B])O. The van der Waals surface area contributed by atoms with E-state index in [4.69, 9.17) is 56.6 Å². The Bertz CT molecular complexity index is 983. The van der Waals surface area contributed by atoms with Crippen molar-refractivity contribution in [2.75, 3.05) is 13.1 Å². The first kappa shape index (κ1) is 28.0. The molecule has 166 valence electrons. The molecular weight excluding hydrogens is 429 g/mol. The second-order valence-corrected chi connectivity index (χ2v) is 9.39. The molecule has 0 aromatic heterocycles. The molecule has 1 amide bonds. The van der Waals surface area contributed by atoms with E-state index in [1.807, 2.05) is 0 Å². The predicted octanol–water partition coefficient (Wildman–Crippen LogP) is 0.733. The van der Waals surface area contributed by atoms with E-state index in [0.717, 1.165) is 5.57 Å². The maximum atomic E-state index is 12.3. The zero-order valence-corrected chi connectivity index (χ0v) is 19.7. The molecular formula is C20H22B6N2O6. The van der Waals surface area contributed by atoms with E-state index in [1.54, 1.807) is 33.8 Å². The molecule has 0 spiro atoms. The van der Waals surface area contributed by atoms with Crippen LogP contribution in [0, 0.1) is 17.0 Å². The second-order valence-electron chi connectivity index (χ2n) is 9.39. The van der Waals surface area contributed by atoms with Crippen LogP contribution in [-0.2, 0) is 4.74 Å². The molecule has 34 heavy (non-hydrogen) atoms. The summed E-state index contributed by atoms with van der Waals surface area (Å²) < 4.78 is 10.9. The lowest BCUT2D eigenvalue weighted by molar-refractivity contribution is -0.386. The highest BCUT2D eigenvalue weighted by molar-refractivity contribution is 6.64. The Balaban J connectivity index is 2.47. The van der Waals surface area contributed by atoms with Gasteiger partial charge in [0.2, 0.25) is 0 Å². The lowest BCUT2D eigenvalue weighted by Crippen LogP contribution is -2.67. The van der Waals surface area contributed by atoms with E-state index < -0.39 is 44.1 Å². The number of nitrogens with zero attached hydrogens (tertiary/aromatic N) is 2. The summed E-state index contributed by atoms with van der Waals surface area (Å²) in [5, 5.41) is 16.4. The van der Waals surface area contributed by atoms with Crippen molar-refractivity contribution in [3.63, 3.8) is 0 Å². The van der Waals surface area contributed by atoms with E-state index in [-0.39, 0.29) is 6.54 Å². The van der Waals surface area contributed by atoms with Crippen molar-refractivity contribution in [1.29, 1.82) is 0 Å². The molecule has 1 atom stereocenters. The Morgan fingerprint density at radius 3 is 2.15 bits per heavy atom. The standard InChI is InChI=1S/C20H22B6N2O6/c1-11-9-14(28(31)32)15(33-18(21,19(22,23)24)20(25,26)30)10-13(11)12-5-7-27(8-6-12)16(29)34-17(2,3)4/h5,9-10,30H,6-8H2,1-4H3. The molecule has 1 aromatic carbocycles. The normalized spacial score (nSPS) is 16.9. The van der Waals surface area contributed by atoms with Crippen LogP contribution in [0.4, 0.5) is 10.5 Å². The van der Waals surface area contributed by atoms with Crippen LogP contribution in [0.25, 0.3) is 5.57 Å². The number of aryl methyl sites for hydroxylation is 1. The van der Waals surface area contributed by atoms with E-state index in [2.05, 4.69) is 0 Å². The lowest BCUT2D eigenvalue weighted by atomic mass is 9.26. The van der Waals surface area contributed by atoms with Crippen LogP contribution in [0.5, 0.6) is 5.75 Å². The molecule has 0 fully saturated rings. The molecule has 1 aliphatic heterocycles. The quantitative estimate of drug-likeness (QED) is 0.389. The smallest absolute Gasteiger partial charge is 0.410 e. The van der Waals surface area contributed by atoms with Gasteiger partial charge in [-0.2, -0.15) is 0 Å². The van der Waals surface area contributed by atoms with Crippen molar-refractivity contribution in [2.24, 2.45) is 0 Å². The third kappa shape index (κ3) is 6.06. The summed E-state index contributed by atoms with van der Waals surface area (Å²) in [7, 11) is 33.8. The molecule has 1 aromatic rings. The van der Waals surface area contributed by atoms with Crippen LogP contribution in [0.3, 0.4) is 0 Å². The Morgan fingerprint density at radius 1 is 1.15 bits per heavy atom. The van der Waals surface area contributed by atoms with E-state index in [9.17, 15) is 20.0 Å². The summed E-state index contributed by atoms with van der Waals surface area (Å²) in [5.41, 5.74) is -1.96.